The Bertz CT molecular complexity index is 1230. The van der Waals surface area contributed by atoms with Crippen molar-refractivity contribution in [3.8, 4) is 0 Å². The van der Waals surface area contributed by atoms with Crippen molar-refractivity contribution in [2.45, 2.75) is 261 Å². The Balaban J connectivity index is 1.02. The van der Waals surface area contributed by atoms with Gasteiger partial charge in [0.25, 0.3) is 0 Å². The zero-order valence-corrected chi connectivity index (χ0v) is 42.0. The third kappa shape index (κ3) is 17.1. The van der Waals surface area contributed by atoms with Crippen LogP contribution < -0.4 is 0 Å². The molecule has 8 saturated carbocycles. The lowest BCUT2D eigenvalue weighted by atomic mass is 9.88. The van der Waals surface area contributed by atoms with Gasteiger partial charge < -0.3 is 47.4 Å². The summed E-state index contributed by atoms with van der Waals surface area (Å²) in [7, 11) is 0. The van der Waals surface area contributed by atoms with Crippen LogP contribution in [0.2, 0.25) is 0 Å². The molecule has 0 bridgehead atoms. The summed E-state index contributed by atoms with van der Waals surface area (Å²) in [6.45, 7) is 6.69. The molecule has 382 valence electrons. The molecule has 0 aromatic heterocycles. The van der Waals surface area contributed by atoms with Gasteiger partial charge in [-0.25, -0.2) is 0 Å². The van der Waals surface area contributed by atoms with Crippen molar-refractivity contribution in [2.24, 2.45) is 16.2 Å². The van der Waals surface area contributed by atoms with Gasteiger partial charge in [0, 0.05) is 0 Å². The van der Waals surface area contributed by atoms with Crippen LogP contribution in [0.3, 0.4) is 0 Å². The highest BCUT2D eigenvalue weighted by Gasteiger charge is 2.42. The highest BCUT2D eigenvalue weighted by molar-refractivity contribution is 4.89. The number of ether oxygens (including phenoxy) is 10. The molecular formula is C56H98O10. The summed E-state index contributed by atoms with van der Waals surface area (Å²) in [6, 6.07) is 0. The first-order chi connectivity index (χ1) is 32.5. The normalized spacial score (nSPS) is 25.5. The second kappa shape index (κ2) is 28.0. The molecule has 0 saturated heterocycles. The van der Waals surface area contributed by atoms with Crippen LogP contribution in [0.4, 0.5) is 0 Å². The van der Waals surface area contributed by atoms with Crippen LogP contribution in [-0.2, 0) is 47.4 Å². The zero-order valence-electron chi connectivity index (χ0n) is 42.0. The molecule has 8 aliphatic rings. The standard InChI is InChI=1S/C56H98O10/c1-2-6-19-46(18-5-1)61-40-55(42-63-49-24-11-12-25-49,43-64-50-26-13-14-27-50)36-57-34-54(39-60-51-28-15-29-51,38-59-47-20-7-3-8-21-47)35-58-37-56(44-65-52-30-16-31-52,45-66-53-32-17-33-53)41-62-48-22-9-4-10-23-48/h46-53H,1-45H2. The summed E-state index contributed by atoms with van der Waals surface area (Å²) in [5.74, 6) is 0. The summed E-state index contributed by atoms with van der Waals surface area (Å²) in [6.07, 6.45) is 42.2. The van der Waals surface area contributed by atoms with Crippen LogP contribution >= 0.6 is 0 Å². The third-order valence-electron chi connectivity index (χ3n) is 17.3. The maximum absolute atomic E-state index is 7.24. The van der Waals surface area contributed by atoms with Gasteiger partial charge in [-0.2, -0.15) is 0 Å². The highest BCUT2D eigenvalue weighted by Crippen LogP contribution is 2.36. The van der Waals surface area contributed by atoms with Gasteiger partial charge in [0.05, 0.1) is 144 Å². The number of hydrogen-bond acceptors (Lipinski definition) is 10. The largest absolute Gasteiger partial charge is 0.380 e. The fraction of sp³-hybridized carbons (Fsp3) is 1.00. The van der Waals surface area contributed by atoms with Crippen LogP contribution in [0.5, 0.6) is 0 Å². The molecule has 0 radical (unpaired) electrons. The topological polar surface area (TPSA) is 92.3 Å². The molecule has 66 heavy (non-hydrogen) atoms. The van der Waals surface area contributed by atoms with Gasteiger partial charge in [-0.1, -0.05) is 89.9 Å². The van der Waals surface area contributed by atoms with E-state index in [1.807, 2.05) is 0 Å². The molecule has 0 aromatic rings. The van der Waals surface area contributed by atoms with Crippen LogP contribution in [0.1, 0.15) is 212 Å². The number of hydrogen-bond donors (Lipinski definition) is 0. The lowest BCUT2D eigenvalue weighted by Crippen LogP contribution is -2.49. The maximum atomic E-state index is 7.24. The molecule has 10 heteroatoms. The molecule has 0 N–H and O–H groups in total. The van der Waals surface area contributed by atoms with Crippen molar-refractivity contribution in [3.63, 3.8) is 0 Å². The van der Waals surface area contributed by atoms with Crippen molar-refractivity contribution < 1.29 is 47.4 Å². The second-order valence-corrected chi connectivity index (χ2v) is 23.6. The van der Waals surface area contributed by atoms with Crippen LogP contribution in [0.25, 0.3) is 0 Å². The average Bonchev–Trinajstić information content (AvgIpc) is 3.97. The molecule has 1 unspecified atom stereocenters. The van der Waals surface area contributed by atoms with Crippen molar-refractivity contribution in [1.82, 2.24) is 0 Å². The van der Waals surface area contributed by atoms with E-state index in [1.54, 1.807) is 0 Å². The van der Waals surface area contributed by atoms with E-state index in [1.165, 1.54) is 109 Å². The minimum Gasteiger partial charge on any atom is -0.380 e. The summed E-state index contributed by atoms with van der Waals surface area (Å²) >= 11 is 0. The van der Waals surface area contributed by atoms with E-state index < -0.39 is 16.2 Å². The van der Waals surface area contributed by atoms with Crippen LogP contribution in [0, 0.1) is 16.2 Å². The number of rotatable bonds is 32. The Morgan fingerprint density at radius 2 is 0.333 bits per heavy atom. The lowest BCUT2D eigenvalue weighted by molar-refractivity contribution is -0.185. The van der Waals surface area contributed by atoms with E-state index in [-0.39, 0.29) is 6.10 Å². The highest BCUT2D eigenvalue weighted by atomic mass is 16.6. The zero-order chi connectivity index (χ0) is 45.0. The quantitative estimate of drug-likeness (QED) is 0.0607. The summed E-state index contributed by atoms with van der Waals surface area (Å²) < 4.78 is 69.4. The van der Waals surface area contributed by atoms with Crippen molar-refractivity contribution in [3.05, 3.63) is 0 Å². The van der Waals surface area contributed by atoms with Gasteiger partial charge >= 0.3 is 0 Å². The minimum atomic E-state index is -0.501. The second-order valence-electron chi connectivity index (χ2n) is 23.6. The van der Waals surface area contributed by atoms with Crippen molar-refractivity contribution in [2.75, 3.05) is 79.3 Å². The van der Waals surface area contributed by atoms with Gasteiger partial charge in [-0.05, 0) is 122 Å². The van der Waals surface area contributed by atoms with E-state index >= 15 is 0 Å². The molecule has 0 aromatic carbocycles. The van der Waals surface area contributed by atoms with Crippen molar-refractivity contribution in [1.29, 1.82) is 0 Å². The third-order valence-corrected chi connectivity index (χ3v) is 17.3. The van der Waals surface area contributed by atoms with E-state index in [0.29, 0.717) is 122 Å². The fourth-order valence-electron chi connectivity index (χ4n) is 11.7. The molecule has 0 aliphatic heterocycles. The summed E-state index contributed by atoms with van der Waals surface area (Å²) in [4.78, 5) is 0. The van der Waals surface area contributed by atoms with Crippen molar-refractivity contribution >= 4 is 0 Å². The maximum Gasteiger partial charge on any atom is 0.0638 e. The molecule has 0 amide bonds. The molecule has 8 aliphatic carbocycles. The minimum absolute atomic E-state index is 0.267. The monoisotopic (exact) mass is 931 g/mol. The summed E-state index contributed by atoms with van der Waals surface area (Å²) in [5, 5.41) is 0. The Morgan fingerprint density at radius 1 is 0.182 bits per heavy atom. The van der Waals surface area contributed by atoms with Gasteiger partial charge in [-0.3, -0.25) is 0 Å². The predicted molar refractivity (Wildman–Crippen MR) is 259 cm³/mol. The first kappa shape index (κ1) is 51.9. The molecule has 8 rings (SSSR count). The SMILES string of the molecule is C1CCC(OCC(COCC(COC2CCCCCC2)(COC2CCCC2)COC2CCCC2)(COCC(COC2CCCCC2)(COC2CCC2)COC2CCC2)COC2CCC2)CC1. The van der Waals surface area contributed by atoms with E-state index in [4.69, 9.17) is 47.4 Å². The Morgan fingerprint density at radius 3 is 0.515 bits per heavy atom. The molecule has 1 atom stereocenters. The molecule has 8 fully saturated rings. The lowest BCUT2D eigenvalue weighted by Gasteiger charge is -2.42. The first-order valence-electron chi connectivity index (χ1n) is 28.6. The van der Waals surface area contributed by atoms with E-state index in [0.717, 1.165) is 103 Å². The molecule has 10 nitrogen and oxygen atoms in total. The Labute approximate surface area is 402 Å². The average molecular weight is 931 g/mol. The summed E-state index contributed by atoms with van der Waals surface area (Å²) in [5.41, 5.74) is -1.31. The predicted octanol–water partition coefficient (Wildman–Crippen LogP) is 12.0. The first-order valence-corrected chi connectivity index (χ1v) is 28.6. The Kier molecular flexibility index (Phi) is 22.0. The molecular weight excluding hydrogens is 833 g/mol. The smallest absolute Gasteiger partial charge is 0.0638 e. The molecule has 0 heterocycles. The van der Waals surface area contributed by atoms with Crippen LogP contribution in [0.15, 0.2) is 0 Å². The molecule has 0 spiro atoms. The van der Waals surface area contributed by atoms with E-state index in [9.17, 15) is 0 Å². The van der Waals surface area contributed by atoms with Gasteiger partial charge in [0.1, 0.15) is 0 Å². The van der Waals surface area contributed by atoms with Gasteiger partial charge in [0.2, 0.25) is 0 Å². The Hall–Kier alpha value is -0.400. The fourth-order valence-corrected chi connectivity index (χ4v) is 11.7. The van der Waals surface area contributed by atoms with E-state index in [2.05, 4.69) is 0 Å². The van der Waals surface area contributed by atoms with Crippen LogP contribution in [-0.4, -0.2) is 128 Å². The van der Waals surface area contributed by atoms with Gasteiger partial charge in [0.15, 0.2) is 0 Å². The van der Waals surface area contributed by atoms with Gasteiger partial charge in [-0.15, -0.1) is 0 Å².